The van der Waals surface area contributed by atoms with E-state index in [1.54, 1.807) is 0 Å². The first-order valence-electron chi connectivity index (χ1n) is 6.24. The molecule has 1 unspecified atom stereocenters. The third-order valence-electron chi connectivity index (χ3n) is 5.20. The maximum atomic E-state index is 12.6. The number of carbonyl (C=O) groups is 1. The number of rotatable bonds is 0. The Balaban J connectivity index is 1.81. The lowest BCUT2D eigenvalue weighted by molar-refractivity contribution is -0.147. The summed E-state index contributed by atoms with van der Waals surface area (Å²) in [5.41, 5.74) is -0.724. The van der Waals surface area contributed by atoms with Crippen LogP contribution in [0.5, 0.6) is 0 Å². The van der Waals surface area contributed by atoms with Gasteiger partial charge in [-0.25, -0.2) is 0 Å². The quantitative estimate of drug-likeness (QED) is 0.490. The Bertz CT molecular complexity index is 396. The SMILES string of the molecule is O=C1[C@@]2(CO2)[C@H]2C=C[C@@]13CCC(O)C[C@@H]3C2. The molecule has 1 saturated heterocycles. The molecule has 1 aliphatic heterocycles. The number of hydrogen-bond acceptors (Lipinski definition) is 3. The van der Waals surface area contributed by atoms with E-state index in [1.165, 1.54) is 0 Å². The number of ketones is 1. The number of aliphatic hydroxyl groups excluding tert-OH is 1. The summed E-state index contributed by atoms with van der Waals surface area (Å²) in [6.45, 7) is 0.623. The normalized spacial score (nSPS) is 57.8. The summed E-state index contributed by atoms with van der Waals surface area (Å²) in [7, 11) is 0. The van der Waals surface area contributed by atoms with Gasteiger partial charge in [0, 0.05) is 5.92 Å². The minimum absolute atomic E-state index is 0.202. The van der Waals surface area contributed by atoms with Crippen molar-refractivity contribution in [1.29, 1.82) is 0 Å². The van der Waals surface area contributed by atoms with Crippen molar-refractivity contribution >= 4 is 5.78 Å². The van der Waals surface area contributed by atoms with Crippen LogP contribution >= 0.6 is 0 Å². The Morgan fingerprint density at radius 1 is 1.44 bits per heavy atom. The van der Waals surface area contributed by atoms with Gasteiger partial charge in [-0.3, -0.25) is 4.79 Å². The predicted molar refractivity (Wildman–Crippen MR) is 56.7 cm³/mol. The fourth-order valence-electron chi connectivity index (χ4n) is 4.17. The zero-order chi connectivity index (χ0) is 11.0. The van der Waals surface area contributed by atoms with Crippen LogP contribution in [0.25, 0.3) is 0 Å². The molecule has 0 aromatic carbocycles. The zero-order valence-electron chi connectivity index (χ0n) is 9.19. The fourth-order valence-corrected chi connectivity index (χ4v) is 4.17. The van der Waals surface area contributed by atoms with Crippen LogP contribution in [0.1, 0.15) is 25.7 Å². The van der Waals surface area contributed by atoms with E-state index in [9.17, 15) is 9.90 Å². The maximum Gasteiger partial charge on any atom is 0.177 e. The van der Waals surface area contributed by atoms with Gasteiger partial charge >= 0.3 is 0 Å². The van der Waals surface area contributed by atoms with Crippen LogP contribution < -0.4 is 0 Å². The highest BCUT2D eigenvalue weighted by Gasteiger charge is 2.70. The predicted octanol–water partition coefficient (Wildman–Crippen LogP) is 1.06. The highest BCUT2D eigenvalue weighted by atomic mass is 16.6. The highest BCUT2D eigenvalue weighted by molar-refractivity contribution is 5.99. The summed E-state index contributed by atoms with van der Waals surface area (Å²) in [6, 6.07) is 0. The van der Waals surface area contributed by atoms with Gasteiger partial charge in [0.2, 0.25) is 0 Å². The van der Waals surface area contributed by atoms with Crippen LogP contribution in [-0.2, 0) is 9.53 Å². The van der Waals surface area contributed by atoms with Crippen LogP contribution in [0.3, 0.4) is 0 Å². The number of aliphatic hydroxyl groups is 1. The Morgan fingerprint density at radius 3 is 3.00 bits per heavy atom. The molecule has 0 amide bonds. The van der Waals surface area contributed by atoms with Crippen LogP contribution in [0.4, 0.5) is 0 Å². The topological polar surface area (TPSA) is 49.8 Å². The van der Waals surface area contributed by atoms with E-state index in [-0.39, 0.29) is 17.4 Å². The van der Waals surface area contributed by atoms with Crippen molar-refractivity contribution in [2.24, 2.45) is 17.3 Å². The second kappa shape index (κ2) is 2.59. The molecule has 3 fully saturated rings. The van der Waals surface area contributed by atoms with Crippen LogP contribution in [-0.4, -0.2) is 29.2 Å². The second-order valence-corrected chi connectivity index (χ2v) is 5.87. The minimum atomic E-state index is -0.437. The third kappa shape index (κ3) is 0.868. The molecule has 86 valence electrons. The largest absolute Gasteiger partial charge is 0.393 e. The van der Waals surface area contributed by atoms with Crippen molar-refractivity contribution in [3.63, 3.8) is 0 Å². The minimum Gasteiger partial charge on any atom is -0.393 e. The molecule has 3 nitrogen and oxygen atoms in total. The molecule has 1 N–H and O–H groups in total. The number of ether oxygens (including phenoxy) is 1. The molecule has 2 spiro atoms. The van der Waals surface area contributed by atoms with Gasteiger partial charge in [0.05, 0.1) is 18.1 Å². The first kappa shape index (κ1) is 9.37. The van der Waals surface area contributed by atoms with E-state index >= 15 is 0 Å². The smallest absolute Gasteiger partial charge is 0.177 e. The van der Waals surface area contributed by atoms with Gasteiger partial charge in [-0.15, -0.1) is 0 Å². The van der Waals surface area contributed by atoms with Crippen LogP contribution in [0.2, 0.25) is 0 Å². The van der Waals surface area contributed by atoms with E-state index < -0.39 is 5.60 Å². The summed E-state index contributed by atoms with van der Waals surface area (Å²) in [5.74, 6) is 0.946. The second-order valence-electron chi connectivity index (χ2n) is 5.87. The van der Waals surface area contributed by atoms with Gasteiger partial charge in [0.25, 0.3) is 0 Å². The molecule has 2 saturated carbocycles. The molecule has 3 heteroatoms. The number of hydrogen-bond donors (Lipinski definition) is 1. The first-order chi connectivity index (χ1) is 7.67. The van der Waals surface area contributed by atoms with E-state index in [0.29, 0.717) is 18.3 Å². The van der Waals surface area contributed by atoms with Gasteiger partial charge in [-0.1, -0.05) is 12.2 Å². The maximum absolute atomic E-state index is 12.6. The molecule has 0 aromatic heterocycles. The zero-order valence-corrected chi connectivity index (χ0v) is 9.19. The van der Waals surface area contributed by atoms with Gasteiger partial charge in [0.1, 0.15) is 0 Å². The lowest BCUT2D eigenvalue weighted by atomic mass is 9.49. The molecule has 5 aliphatic rings. The van der Waals surface area contributed by atoms with Crippen molar-refractivity contribution < 1.29 is 14.6 Å². The molecule has 0 aromatic rings. The van der Waals surface area contributed by atoms with E-state index in [4.69, 9.17) is 4.74 Å². The van der Waals surface area contributed by atoms with Crippen molar-refractivity contribution in [1.82, 2.24) is 0 Å². The summed E-state index contributed by atoms with van der Waals surface area (Å²) < 4.78 is 5.49. The molecule has 16 heavy (non-hydrogen) atoms. The third-order valence-corrected chi connectivity index (χ3v) is 5.20. The summed E-state index contributed by atoms with van der Waals surface area (Å²) >= 11 is 0. The number of Topliss-reactive ketones (excluding diaryl/α,β-unsaturated/α-hetero) is 1. The highest BCUT2D eigenvalue weighted by Crippen LogP contribution is 2.61. The lowest BCUT2D eigenvalue weighted by Gasteiger charge is -2.52. The van der Waals surface area contributed by atoms with E-state index in [0.717, 1.165) is 25.7 Å². The Morgan fingerprint density at radius 2 is 2.25 bits per heavy atom. The molecule has 5 atom stereocenters. The van der Waals surface area contributed by atoms with Gasteiger partial charge < -0.3 is 9.84 Å². The molecular weight excluding hydrogens is 204 g/mol. The van der Waals surface area contributed by atoms with Crippen LogP contribution in [0.15, 0.2) is 12.2 Å². The molecule has 4 aliphatic carbocycles. The molecule has 0 radical (unpaired) electrons. The van der Waals surface area contributed by atoms with E-state index in [1.807, 2.05) is 0 Å². The number of carbonyl (C=O) groups excluding carboxylic acids is 1. The summed E-state index contributed by atoms with van der Waals surface area (Å²) in [6.07, 6.45) is 7.52. The fraction of sp³-hybridized carbons (Fsp3) is 0.769. The Kier molecular flexibility index (Phi) is 1.52. The average Bonchev–Trinajstić information content (AvgIpc) is 3.06. The molecular formula is C13H16O3. The van der Waals surface area contributed by atoms with Gasteiger partial charge in [-0.2, -0.15) is 0 Å². The first-order valence-corrected chi connectivity index (χ1v) is 6.24. The average molecular weight is 220 g/mol. The number of epoxide rings is 1. The summed E-state index contributed by atoms with van der Waals surface area (Å²) in [4.78, 5) is 12.6. The Hall–Kier alpha value is -0.670. The molecule has 2 bridgehead atoms. The molecule has 5 rings (SSSR count). The van der Waals surface area contributed by atoms with Crippen LogP contribution in [0, 0.1) is 17.3 Å². The van der Waals surface area contributed by atoms with Gasteiger partial charge in [-0.05, 0) is 31.6 Å². The van der Waals surface area contributed by atoms with Crippen molar-refractivity contribution in [3.05, 3.63) is 12.2 Å². The molecule has 1 heterocycles. The standard InChI is InChI=1S/C13H16O3/c14-10-2-4-12-3-1-8(5-9(12)6-10)13(7-16-13)11(12)15/h1,3,8-10,14H,2,4-7H2/t8-,9-,10?,12-,13+/m0/s1. The Labute approximate surface area is 94.5 Å². The van der Waals surface area contributed by atoms with Crippen molar-refractivity contribution in [2.45, 2.75) is 37.4 Å². The van der Waals surface area contributed by atoms with E-state index in [2.05, 4.69) is 12.2 Å². The lowest BCUT2D eigenvalue weighted by Crippen LogP contribution is -2.58. The van der Waals surface area contributed by atoms with Gasteiger partial charge in [0.15, 0.2) is 11.4 Å². The summed E-state index contributed by atoms with van der Waals surface area (Å²) in [5, 5.41) is 9.74. The number of allylic oxidation sites excluding steroid dienone is 1. The monoisotopic (exact) mass is 220 g/mol. The van der Waals surface area contributed by atoms with Crippen molar-refractivity contribution in [3.8, 4) is 0 Å². The van der Waals surface area contributed by atoms with Crippen molar-refractivity contribution in [2.75, 3.05) is 6.61 Å².